The number of alkyl carbamates (subject to hydrolysis) is 1. The molecule has 2 amide bonds. The van der Waals surface area contributed by atoms with E-state index in [9.17, 15) is 14.7 Å². The van der Waals surface area contributed by atoms with Gasteiger partial charge in [-0.1, -0.05) is 66.7 Å². The third kappa shape index (κ3) is 6.40. The first-order chi connectivity index (χ1) is 18.0. The Bertz CT molecular complexity index is 1180. The number of methoxy groups -OCH3 is 1. The Morgan fingerprint density at radius 3 is 2.41 bits per heavy atom. The number of hydrogen-bond donors (Lipinski definition) is 2. The maximum Gasteiger partial charge on any atom is 0.410 e. The molecule has 1 aliphatic heterocycles. The fraction of sp³-hybridized carbons (Fsp3) is 0.310. The molecule has 1 aliphatic rings. The van der Waals surface area contributed by atoms with E-state index in [0.717, 1.165) is 22.3 Å². The molecule has 3 aromatic rings. The van der Waals surface area contributed by atoms with Crippen molar-refractivity contribution in [2.24, 2.45) is 0 Å². The van der Waals surface area contributed by atoms with Crippen LogP contribution in [0.5, 0.6) is 5.75 Å². The van der Waals surface area contributed by atoms with E-state index >= 15 is 0 Å². The monoisotopic (exact) mass is 504 g/mol. The molecule has 4 rings (SSSR count). The van der Waals surface area contributed by atoms with Crippen molar-refractivity contribution in [1.82, 2.24) is 10.2 Å². The smallest absolute Gasteiger partial charge is 0.410 e. The third-order valence-corrected chi connectivity index (χ3v) is 6.42. The molecular weight excluding hydrogens is 472 g/mol. The third-order valence-electron chi connectivity index (χ3n) is 6.42. The summed E-state index contributed by atoms with van der Waals surface area (Å²) in [5.74, 6) is 0.709. The Hall–Kier alpha value is -4.04. The maximum atomic E-state index is 12.9. The number of amides is 2. The standard InChI is InChI=1S/C29H32N2O6/c1-3-36-29(34)31-19-26(32)27(25(31)17-20-13-15-23(35-2)16-14-20)37-28(33)30-18-22-11-7-8-12-24(22)21-9-5-4-6-10-21/h4-16,25-27,32H,3,17-19H2,1-2H3,(H,30,33)/t25-,26+,27+/m1/s1. The van der Waals surface area contributed by atoms with Crippen molar-refractivity contribution in [1.29, 1.82) is 0 Å². The summed E-state index contributed by atoms with van der Waals surface area (Å²) in [6, 6.07) is 24.5. The Kier molecular flexibility index (Phi) is 8.64. The first-order valence-corrected chi connectivity index (χ1v) is 12.3. The van der Waals surface area contributed by atoms with Crippen LogP contribution in [-0.2, 0) is 22.4 Å². The molecule has 8 heteroatoms. The minimum Gasteiger partial charge on any atom is -0.497 e. The van der Waals surface area contributed by atoms with Crippen LogP contribution in [0.25, 0.3) is 11.1 Å². The minimum atomic E-state index is -1.05. The van der Waals surface area contributed by atoms with E-state index in [4.69, 9.17) is 14.2 Å². The second-order valence-electron chi connectivity index (χ2n) is 8.78. The molecule has 0 aliphatic carbocycles. The summed E-state index contributed by atoms with van der Waals surface area (Å²) in [6.07, 6.45) is -2.82. The van der Waals surface area contributed by atoms with Crippen LogP contribution in [0.1, 0.15) is 18.1 Å². The van der Waals surface area contributed by atoms with Gasteiger partial charge in [0.05, 0.1) is 26.3 Å². The van der Waals surface area contributed by atoms with Gasteiger partial charge in [-0.2, -0.15) is 0 Å². The number of ether oxygens (including phenoxy) is 3. The van der Waals surface area contributed by atoms with E-state index in [1.807, 2.05) is 78.9 Å². The largest absolute Gasteiger partial charge is 0.497 e. The van der Waals surface area contributed by atoms with Crippen molar-refractivity contribution in [3.05, 3.63) is 90.0 Å². The number of β-amino-alcohol motifs (C(OH)–C–C–N with tert-alkyl or cyclic N) is 1. The van der Waals surface area contributed by atoms with E-state index in [2.05, 4.69) is 5.32 Å². The van der Waals surface area contributed by atoms with Gasteiger partial charge in [-0.05, 0) is 47.7 Å². The highest BCUT2D eigenvalue weighted by atomic mass is 16.6. The number of carbonyl (C=O) groups excluding carboxylic acids is 2. The molecule has 1 saturated heterocycles. The average molecular weight is 505 g/mol. The van der Waals surface area contributed by atoms with Crippen molar-refractivity contribution in [3.8, 4) is 16.9 Å². The van der Waals surface area contributed by atoms with Crippen molar-refractivity contribution < 1.29 is 28.9 Å². The normalized spacial score (nSPS) is 18.8. The summed E-state index contributed by atoms with van der Waals surface area (Å²) in [5, 5.41) is 13.6. The summed E-state index contributed by atoms with van der Waals surface area (Å²) in [6.45, 7) is 2.18. The Morgan fingerprint density at radius 1 is 1.00 bits per heavy atom. The maximum absolute atomic E-state index is 12.9. The summed E-state index contributed by atoms with van der Waals surface area (Å²) >= 11 is 0. The van der Waals surface area contributed by atoms with Crippen LogP contribution in [-0.4, -0.2) is 60.7 Å². The molecule has 194 valence electrons. The number of aliphatic hydroxyl groups is 1. The topological polar surface area (TPSA) is 97.3 Å². The molecule has 0 aromatic heterocycles. The molecule has 3 aromatic carbocycles. The molecule has 0 saturated carbocycles. The van der Waals surface area contributed by atoms with E-state index in [-0.39, 0.29) is 19.7 Å². The Morgan fingerprint density at radius 2 is 1.70 bits per heavy atom. The Balaban J connectivity index is 1.47. The van der Waals surface area contributed by atoms with Crippen molar-refractivity contribution in [3.63, 3.8) is 0 Å². The van der Waals surface area contributed by atoms with Crippen LogP contribution in [0.2, 0.25) is 0 Å². The van der Waals surface area contributed by atoms with Gasteiger partial charge < -0.3 is 24.6 Å². The van der Waals surface area contributed by atoms with Gasteiger partial charge in [0, 0.05) is 6.54 Å². The van der Waals surface area contributed by atoms with Gasteiger partial charge in [-0.25, -0.2) is 9.59 Å². The lowest BCUT2D eigenvalue weighted by Crippen LogP contribution is -2.44. The van der Waals surface area contributed by atoms with Crippen molar-refractivity contribution in [2.45, 2.75) is 38.1 Å². The van der Waals surface area contributed by atoms with E-state index in [1.54, 1.807) is 14.0 Å². The van der Waals surface area contributed by atoms with E-state index < -0.39 is 30.4 Å². The fourth-order valence-corrected chi connectivity index (χ4v) is 4.58. The number of carbonyl (C=O) groups is 2. The van der Waals surface area contributed by atoms with Crippen LogP contribution in [0.4, 0.5) is 9.59 Å². The van der Waals surface area contributed by atoms with Crippen LogP contribution < -0.4 is 10.1 Å². The number of nitrogens with one attached hydrogen (secondary N) is 1. The number of nitrogens with zero attached hydrogens (tertiary/aromatic N) is 1. The summed E-state index contributed by atoms with van der Waals surface area (Å²) < 4.78 is 16.1. The van der Waals surface area contributed by atoms with Crippen molar-refractivity contribution >= 4 is 12.2 Å². The van der Waals surface area contributed by atoms with E-state index in [1.165, 1.54) is 4.90 Å². The van der Waals surface area contributed by atoms with E-state index in [0.29, 0.717) is 12.2 Å². The lowest BCUT2D eigenvalue weighted by molar-refractivity contribution is 0.0152. The number of aliphatic hydroxyl groups excluding tert-OH is 1. The molecule has 0 unspecified atom stereocenters. The van der Waals surface area contributed by atoms with Gasteiger partial charge in [0.15, 0.2) is 6.10 Å². The molecular formula is C29H32N2O6. The molecule has 8 nitrogen and oxygen atoms in total. The SMILES string of the molecule is CCOC(=O)N1C[C@H](O)[C@@H](OC(=O)NCc2ccccc2-c2ccccc2)[C@H]1Cc1ccc(OC)cc1. The number of hydrogen-bond acceptors (Lipinski definition) is 6. The summed E-state index contributed by atoms with van der Waals surface area (Å²) in [4.78, 5) is 26.9. The lowest BCUT2D eigenvalue weighted by Gasteiger charge is -2.27. The van der Waals surface area contributed by atoms with Crippen LogP contribution in [0.15, 0.2) is 78.9 Å². The zero-order valence-electron chi connectivity index (χ0n) is 21.0. The number of benzene rings is 3. The molecule has 2 N–H and O–H groups in total. The van der Waals surface area contributed by atoms with Crippen molar-refractivity contribution in [2.75, 3.05) is 20.3 Å². The number of likely N-dealkylation sites (tertiary alicyclic amines) is 1. The van der Waals surface area contributed by atoms with Gasteiger partial charge in [-0.3, -0.25) is 4.90 Å². The summed E-state index contributed by atoms with van der Waals surface area (Å²) in [5.41, 5.74) is 3.89. The van der Waals surface area contributed by atoms with Crippen LogP contribution in [0.3, 0.4) is 0 Å². The molecule has 0 spiro atoms. The van der Waals surface area contributed by atoms with Gasteiger partial charge in [0.2, 0.25) is 0 Å². The second kappa shape index (κ2) is 12.3. The highest BCUT2D eigenvalue weighted by Crippen LogP contribution is 2.27. The zero-order valence-corrected chi connectivity index (χ0v) is 21.0. The highest BCUT2D eigenvalue weighted by molar-refractivity contribution is 5.71. The minimum absolute atomic E-state index is 0.00837. The van der Waals surface area contributed by atoms with Gasteiger partial charge in [-0.15, -0.1) is 0 Å². The van der Waals surface area contributed by atoms with Gasteiger partial charge >= 0.3 is 12.2 Å². The fourth-order valence-electron chi connectivity index (χ4n) is 4.58. The molecule has 0 bridgehead atoms. The van der Waals surface area contributed by atoms with Gasteiger partial charge in [0.1, 0.15) is 11.9 Å². The first-order valence-electron chi connectivity index (χ1n) is 12.3. The average Bonchev–Trinajstić information content (AvgIpc) is 3.23. The quantitative estimate of drug-likeness (QED) is 0.472. The number of rotatable bonds is 8. The predicted molar refractivity (Wildman–Crippen MR) is 139 cm³/mol. The molecule has 37 heavy (non-hydrogen) atoms. The zero-order chi connectivity index (χ0) is 26.2. The predicted octanol–water partition coefficient (Wildman–Crippen LogP) is 4.40. The molecule has 1 fully saturated rings. The Labute approximate surface area is 216 Å². The lowest BCUT2D eigenvalue weighted by atomic mass is 10.00. The summed E-state index contributed by atoms with van der Waals surface area (Å²) in [7, 11) is 1.59. The van der Waals surface area contributed by atoms with Crippen LogP contribution in [0, 0.1) is 0 Å². The molecule has 0 radical (unpaired) electrons. The first kappa shape index (κ1) is 26.0. The molecule has 1 heterocycles. The second-order valence-corrected chi connectivity index (χ2v) is 8.78. The molecule has 3 atom stereocenters. The highest BCUT2D eigenvalue weighted by Gasteiger charge is 2.46. The van der Waals surface area contributed by atoms with Crippen LogP contribution >= 0.6 is 0 Å². The van der Waals surface area contributed by atoms with Gasteiger partial charge in [0.25, 0.3) is 0 Å².